The number of likely N-dealkylation sites (N-methyl/N-ethyl adjacent to an activating group) is 1. The van der Waals surface area contributed by atoms with Crippen molar-refractivity contribution in [2.24, 2.45) is 7.05 Å². The largest absolute Gasteiger partial charge is 0.378 e. The van der Waals surface area contributed by atoms with Crippen LogP contribution in [0.2, 0.25) is 5.15 Å². The quantitative estimate of drug-likeness (QED) is 0.781. The van der Waals surface area contributed by atoms with Crippen molar-refractivity contribution in [1.29, 1.82) is 0 Å². The number of carbonyl (C=O) groups is 1. The third-order valence-electron chi connectivity index (χ3n) is 3.84. The molecule has 1 aromatic carbocycles. The first kappa shape index (κ1) is 18.1. The van der Waals surface area contributed by atoms with Gasteiger partial charge in [0.05, 0.1) is 5.69 Å². The van der Waals surface area contributed by atoms with Crippen molar-refractivity contribution in [1.82, 2.24) is 14.7 Å². The Hall–Kier alpha value is -2.27. The standard InChI is InChI=1S/C18H23ClN4O/c1-13-16(18(19)23(5)20-13)10-11-17(24)22(4)12-14-6-8-15(9-7-14)21(2)3/h6-11H,12H2,1-5H3/b11-10+. The monoisotopic (exact) mass is 346 g/mol. The van der Waals surface area contributed by atoms with Crippen molar-refractivity contribution >= 4 is 29.3 Å². The number of nitrogens with zero attached hydrogens (tertiary/aromatic N) is 4. The molecule has 2 rings (SSSR count). The minimum absolute atomic E-state index is 0.0778. The molecule has 0 atom stereocenters. The first-order valence-electron chi connectivity index (χ1n) is 7.68. The summed E-state index contributed by atoms with van der Waals surface area (Å²) in [5, 5.41) is 4.75. The molecule has 0 unspecified atom stereocenters. The number of aryl methyl sites for hydroxylation is 2. The van der Waals surface area contributed by atoms with Gasteiger partial charge in [0.15, 0.2) is 0 Å². The van der Waals surface area contributed by atoms with E-state index in [0.29, 0.717) is 11.7 Å². The van der Waals surface area contributed by atoms with Gasteiger partial charge in [-0.1, -0.05) is 23.7 Å². The van der Waals surface area contributed by atoms with Crippen LogP contribution in [0.15, 0.2) is 30.3 Å². The van der Waals surface area contributed by atoms with E-state index in [2.05, 4.69) is 5.10 Å². The maximum Gasteiger partial charge on any atom is 0.246 e. The van der Waals surface area contributed by atoms with Gasteiger partial charge in [0.1, 0.15) is 5.15 Å². The molecule has 1 heterocycles. The van der Waals surface area contributed by atoms with Gasteiger partial charge >= 0.3 is 0 Å². The van der Waals surface area contributed by atoms with Gasteiger partial charge < -0.3 is 9.80 Å². The molecule has 0 aliphatic carbocycles. The number of aromatic nitrogens is 2. The van der Waals surface area contributed by atoms with Crippen molar-refractivity contribution in [3.63, 3.8) is 0 Å². The Labute approximate surface area is 148 Å². The maximum absolute atomic E-state index is 12.3. The van der Waals surface area contributed by atoms with E-state index in [9.17, 15) is 4.79 Å². The van der Waals surface area contributed by atoms with Gasteiger partial charge in [0.2, 0.25) is 5.91 Å². The molecule has 0 saturated carbocycles. The topological polar surface area (TPSA) is 41.4 Å². The number of carbonyl (C=O) groups excluding carboxylic acids is 1. The van der Waals surface area contributed by atoms with Crippen LogP contribution >= 0.6 is 11.6 Å². The van der Waals surface area contributed by atoms with E-state index < -0.39 is 0 Å². The minimum atomic E-state index is -0.0778. The number of anilines is 1. The van der Waals surface area contributed by atoms with Crippen LogP contribution in [0.5, 0.6) is 0 Å². The van der Waals surface area contributed by atoms with Crippen molar-refractivity contribution < 1.29 is 4.79 Å². The molecule has 0 radical (unpaired) electrons. The highest BCUT2D eigenvalue weighted by Gasteiger charge is 2.10. The zero-order chi connectivity index (χ0) is 17.9. The SMILES string of the molecule is Cc1nn(C)c(Cl)c1/C=C/C(=O)N(C)Cc1ccc(N(C)C)cc1. The van der Waals surface area contributed by atoms with E-state index in [1.807, 2.05) is 50.2 Å². The zero-order valence-corrected chi connectivity index (χ0v) is 15.5. The summed E-state index contributed by atoms with van der Waals surface area (Å²) in [6.07, 6.45) is 3.25. The van der Waals surface area contributed by atoms with Crippen molar-refractivity contribution in [2.75, 3.05) is 26.0 Å². The Morgan fingerprint density at radius 3 is 2.38 bits per heavy atom. The average Bonchev–Trinajstić information content (AvgIpc) is 2.78. The lowest BCUT2D eigenvalue weighted by molar-refractivity contribution is -0.125. The second kappa shape index (κ2) is 7.53. The van der Waals surface area contributed by atoms with E-state index >= 15 is 0 Å². The van der Waals surface area contributed by atoms with Crippen LogP contribution in [0.1, 0.15) is 16.8 Å². The van der Waals surface area contributed by atoms with Crippen molar-refractivity contribution in [3.8, 4) is 0 Å². The second-order valence-electron chi connectivity index (χ2n) is 6.00. The molecule has 128 valence electrons. The van der Waals surface area contributed by atoms with Crippen LogP contribution < -0.4 is 4.90 Å². The van der Waals surface area contributed by atoms with E-state index in [-0.39, 0.29) is 5.91 Å². The number of hydrogen-bond donors (Lipinski definition) is 0. The molecule has 2 aromatic rings. The lowest BCUT2D eigenvalue weighted by atomic mass is 10.2. The van der Waals surface area contributed by atoms with E-state index in [0.717, 1.165) is 22.5 Å². The van der Waals surface area contributed by atoms with Gasteiger partial charge in [0.25, 0.3) is 0 Å². The van der Waals surface area contributed by atoms with Crippen LogP contribution in [0.25, 0.3) is 6.08 Å². The zero-order valence-electron chi connectivity index (χ0n) is 14.7. The lowest BCUT2D eigenvalue weighted by Crippen LogP contribution is -2.24. The third-order valence-corrected chi connectivity index (χ3v) is 4.29. The molecule has 24 heavy (non-hydrogen) atoms. The second-order valence-corrected chi connectivity index (χ2v) is 6.36. The Bertz CT molecular complexity index is 747. The summed E-state index contributed by atoms with van der Waals surface area (Å²) in [7, 11) is 7.56. The van der Waals surface area contributed by atoms with Crippen LogP contribution in [0.4, 0.5) is 5.69 Å². The highest BCUT2D eigenvalue weighted by atomic mass is 35.5. The number of rotatable bonds is 5. The summed E-state index contributed by atoms with van der Waals surface area (Å²) in [5.74, 6) is -0.0778. The summed E-state index contributed by atoms with van der Waals surface area (Å²) in [6.45, 7) is 2.42. The first-order chi connectivity index (χ1) is 11.3. The summed E-state index contributed by atoms with van der Waals surface area (Å²) in [4.78, 5) is 16.0. The molecule has 0 N–H and O–H groups in total. The van der Waals surface area contributed by atoms with Crippen LogP contribution in [-0.4, -0.2) is 41.7 Å². The molecule has 5 nitrogen and oxygen atoms in total. The van der Waals surface area contributed by atoms with Gasteiger partial charge in [-0.15, -0.1) is 0 Å². The van der Waals surface area contributed by atoms with Crippen LogP contribution in [-0.2, 0) is 18.4 Å². The fraction of sp³-hybridized carbons (Fsp3) is 0.333. The van der Waals surface area contributed by atoms with Gasteiger partial charge in [0, 0.05) is 52.1 Å². The molecule has 1 amide bonds. The van der Waals surface area contributed by atoms with Gasteiger partial charge in [-0.3, -0.25) is 9.48 Å². The predicted molar refractivity (Wildman–Crippen MR) is 99.2 cm³/mol. The minimum Gasteiger partial charge on any atom is -0.378 e. The summed E-state index contributed by atoms with van der Waals surface area (Å²) >= 11 is 6.17. The average molecular weight is 347 g/mol. The van der Waals surface area contributed by atoms with Crippen molar-refractivity contribution in [2.45, 2.75) is 13.5 Å². The molecule has 0 aliphatic rings. The molecule has 0 spiro atoms. The van der Waals surface area contributed by atoms with Crippen LogP contribution in [0.3, 0.4) is 0 Å². The maximum atomic E-state index is 12.3. The highest BCUT2D eigenvalue weighted by molar-refractivity contribution is 6.31. The fourth-order valence-corrected chi connectivity index (χ4v) is 2.61. The normalized spacial score (nSPS) is 11.1. The number of benzene rings is 1. The van der Waals surface area contributed by atoms with Gasteiger partial charge in [-0.25, -0.2) is 0 Å². The number of amides is 1. The number of hydrogen-bond acceptors (Lipinski definition) is 3. The lowest BCUT2D eigenvalue weighted by Gasteiger charge is -2.17. The van der Waals surface area contributed by atoms with Crippen LogP contribution in [0, 0.1) is 6.92 Å². The summed E-state index contributed by atoms with van der Waals surface area (Å²) in [6, 6.07) is 8.15. The first-order valence-corrected chi connectivity index (χ1v) is 8.06. The van der Waals surface area contributed by atoms with Gasteiger partial charge in [-0.2, -0.15) is 5.10 Å². The molecule has 0 aliphatic heterocycles. The predicted octanol–water partition coefficient (Wildman–Crippen LogP) is 3.12. The molecular weight excluding hydrogens is 324 g/mol. The van der Waals surface area contributed by atoms with Gasteiger partial charge in [-0.05, 0) is 30.7 Å². The molecule has 0 fully saturated rings. The molecule has 0 bridgehead atoms. The fourth-order valence-electron chi connectivity index (χ4n) is 2.37. The number of halogens is 1. The molecule has 0 saturated heterocycles. The van der Waals surface area contributed by atoms with E-state index in [4.69, 9.17) is 11.6 Å². The van der Waals surface area contributed by atoms with Crippen molar-refractivity contribution in [3.05, 3.63) is 52.3 Å². The van der Waals surface area contributed by atoms with E-state index in [1.54, 1.807) is 29.8 Å². The Kier molecular flexibility index (Phi) is 5.67. The summed E-state index contributed by atoms with van der Waals surface area (Å²) in [5.41, 5.74) is 3.79. The molecule has 6 heteroatoms. The van der Waals surface area contributed by atoms with E-state index in [1.165, 1.54) is 6.08 Å². The Morgan fingerprint density at radius 1 is 1.25 bits per heavy atom. The third kappa shape index (κ3) is 4.17. The molecule has 1 aromatic heterocycles. The summed E-state index contributed by atoms with van der Waals surface area (Å²) < 4.78 is 1.59. The Balaban J connectivity index is 2.02. The Morgan fingerprint density at radius 2 is 1.88 bits per heavy atom. The highest BCUT2D eigenvalue weighted by Crippen LogP contribution is 2.20. The smallest absolute Gasteiger partial charge is 0.246 e. The molecular formula is C18H23ClN4O.